The normalized spacial score (nSPS) is 17.8. The molecule has 1 aromatic heterocycles. The average molecular weight is 299 g/mol. The summed E-state index contributed by atoms with van der Waals surface area (Å²) in [4.78, 5) is 13.4. The van der Waals surface area contributed by atoms with Crippen LogP contribution in [0.4, 0.5) is 5.95 Å². The zero-order chi connectivity index (χ0) is 12.3. The molecule has 0 bridgehead atoms. The quantitative estimate of drug-likeness (QED) is 0.855. The molecule has 2 heterocycles. The topological polar surface area (TPSA) is 32.3 Å². The first-order valence-corrected chi connectivity index (χ1v) is 6.89. The van der Waals surface area contributed by atoms with Gasteiger partial charge in [0.2, 0.25) is 5.95 Å². The summed E-state index contributed by atoms with van der Waals surface area (Å²) in [6.07, 6.45) is 3.62. The van der Waals surface area contributed by atoms with Crippen LogP contribution in [0.5, 0.6) is 0 Å². The summed E-state index contributed by atoms with van der Waals surface area (Å²) in [5.74, 6) is 1.59. The molecule has 0 aromatic carbocycles. The molecule has 0 radical (unpaired) electrons. The highest BCUT2D eigenvalue weighted by Gasteiger charge is 2.18. The smallest absolute Gasteiger partial charge is 0.225 e. The van der Waals surface area contributed by atoms with Crippen LogP contribution in [0.1, 0.15) is 13.8 Å². The van der Waals surface area contributed by atoms with Gasteiger partial charge in [-0.3, -0.25) is 4.90 Å². The first-order chi connectivity index (χ1) is 8.15. The van der Waals surface area contributed by atoms with Crippen LogP contribution in [0.15, 0.2) is 16.9 Å². The van der Waals surface area contributed by atoms with Gasteiger partial charge in [0.25, 0.3) is 0 Å². The molecule has 5 heteroatoms. The van der Waals surface area contributed by atoms with Crippen molar-refractivity contribution in [2.75, 3.05) is 37.6 Å². The molecule has 0 atom stereocenters. The minimum absolute atomic E-state index is 0.741. The third-order valence-corrected chi connectivity index (χ3v) is 3.29. The van der Waals surface area contributed by atoms with E-state index in [4.69, 9.17) is 0 Å². The fourth-order valence-corrected chi connectivity index (χ4v) is 2.32. The number of rotatable bonds is 3. The van der Waals surface area contributed by atoms with Crippen molar-refractivity contribution < 1.29 is 0 Å². The molecule has 0 aliphatic carbocycles. The Kier molecular flexibility index (Phi) is 4.34. The Morgan fingerprint density at radius 1 is 1.18 bits per heavy atom. The van der Waals surface area contributed by atoms with Crippen LogP contribution in [-0.2, 0) is 0 Å². The zero-order valence-electron chi connectivity index (χ0n) is 10.4. The maximum atomic E-state index is 4.34. The minimum Gasteiger partial charge on any atom is -0.338 e. The third-order valence-electron chi connectivity index (χ3n) is 2.89. The Labute approximate surface area is 111 Å². The van der Waals surface area contributed by atoms with Crippen molar-refractivity contribution in [3.8, 4) is 0 Å². The van der Waals surface area contributed by atoms with Crippen molar-refractivity contribution in [2.45, 2.75) is 13.8 Å². The molecule has 0 N–H and O–H groups in total. The Balaban J connectivity index is 1.88. The third kappa shape index (κ3) is 3.64. The SMILES string of the molecule is CC(C)CN1CCN(c2ncc(Br)cn2)CC1. The van der Waals surface area contributed by atoms with Crippen LogP contribution in [0.2, 0.25) is 0 Å². The lowest BCUT2D eigenvalue weighted by atomic mass is 10.2. The van der Waals surface area contributed by atoms with E-state index in [9.17, 15) is 0 Å². The molecular weight excluding hydrogens is 280 g/mol. The van der Waals surface area contributed by atoms with E-state index in [2.05, 4.69) is 49.5 Å². The van der Waals surface area contributed by atoms with E-state index >= 15 is 0 Å². The van der Waals surface area contributed by atoms with Gasteiger partial charge in [0, 0.05) is 45.1 Å². The predicted molar refractivity (Wildman–Crippen MR) is 73.2 cm³/mol. The van der Waals surface area contributed by atoms with Crippen molar-refractivity contribution in [1.82, 2.24) is 14.9 Å². The first kappa shape index (κ1) is 12.8. The summed E-state index contributed by atoms with van der Waals surface area (Å²) in [6, 6.07) is 0. The molecule has 1 saturated heterocycles. The maximum absolute atomic E-state index is 4.34. The zero-order valence-corrected chi connectivity index (χ0v) is 12.0. The molecule has 17 heavy (non-hydrogen) atoms. The van der Waals surface area contributed by atoms with E-state index in [-0.39, 0.29) is 0 Å². The molecule has 94 valence electrons. The van der Waals surface area contributed by atoms with Gasteiger partial charge in [-0.25, -0.2) is 9.97 Å². The van der Waals surface area contributed by atoms with Crippen LogP contribution in [0.3, 0.4) is 0 Å². The highest BCUT2D eigenvalue weighted by Crippen LogP contribution is 2.13. The molecule has 2 rings (SSSR count). The molecule has 0 amide bonds. The van der Waals surface area contributed by atoms with Gasteiger partial charge in [0.15, 0.2) is 0 Å². The summed E-state index contributed by atoms with van der Waals surface area (Å²) in [7, 11) is 0. The molecular formula is C12H19BrN4. The van der Waals surface area contributed by atoms with E-state index in [1.807, 2.05) is 12.4 Å². The molecule has 1 aromatic rings. The van der Waals surface area contributed by atoms with Crippen molar-refractivity contribution in [2.24, 2.45) is 5.92 Å². The van der Waals surface area contributed by atoms with Crippen LogP contribution in [0.25, 0.3) is 0 Å². The number of nitrogens with zero attached hydrogens (tertiary/aromatic N) is 4. The van der Waals surface area contributed by atoms with Gasteiger partial charge in [0.05, 0.1) is 4.47 Å². The number of piperazine rings is 1. The molecule has 4 nitrogen and oxygen atoms in total. The predicted octanol–water partition coefficient (Wildman–Crippen LogP) is 2.02. The fourth-order valence-electron chi connectivity index (χ4n) is 2.12. The van der Waals surface area contributed by atoms with Gasteiger partial charge in [0.1, 0.15) is 0 Å². The van der Waals surface area contributed by atoms with Gasteiger partial charge in [-0.1, -0.05) is 13.8 Å². The van der Waals surface area contributed by atoms with E-state index in [1.54, 1.807) is 0 Å². The number of hydrogen-bond donors (Lipinski definition) is 0. The largest absolute Gasteiger partial charge is 0.338 e. The van der Waals surface area contributed by atoms with Crippen molar-refractivity contribution in [3.05, 3.63) is 16.9 Å². The standard InChI is InChI=1S/C12H19BrN4/c1-10(2)9-16-3-5-17(6-4-16)12-14-7-11(13)8-15-12/h7-8,10H,3-6,9H2,1-2H3. The summed E-state index contributed by atoms with van der Waals surface area (Å²) >= 11 is 3.35. The highest BCUT2D eigenvalue weighted by atomic mass is 79.9. The van der Waals surface area contributed by atoms with Crippen LogP contribution in [-0.4, -0.2) is 47.6 Å². The van der Waals surface area contributed by atoms with E-state index in [0.717, 1.165) is 42.5 Å². The Bertz CT molecular complexity index is 344. The number of aromatic nitrogens is 2. The second kappa shape index (κ2) is 5.78. The van der Waals surface area contributed by atoms with E-state index in [1.165, 1.54) is 6.54 Å². The van der Waals surface area contributed by atoms with Crippen molar-refractivity contribution in [1.29, 1.82) is 0 Å². The van der Waals surface area contributed by atoms with Gasteiger partial charge < -0.3 is 4.90 Å². The minimum atomic E-state index is 0.741. The average Bonchev–Trinajstić information content (AvgIpc) is 2.30. The summed E-state index contributed by atoms with van der Waals surface area (Å²) < 4.78 is 0.930. The summed E-state index contributed by atoms with van der Waals surface area (Å²) in [5, 5.41) is 0. The van der Waals surface area contributed by atoms with Crippen LogP contribution in [0, 0.1) is 5.92 Å². The molecule has 0 saturated carbocycles. The maximum Gasteiger partial charge on any atom is 0.225 e. The molecule has 0 unspecified atom stereocenters. The van der Waals surface area contributed by atoms with Crippen molar-refractivity contribution >= 4 is 21.9 Å². The number of hydrogen-bond acceptors (Lipinski definition) is 4. The van der Waals surface area contributed by atoms with E-state index in [0.29, 0.717) is 0 Å². The Hall–Kier alpha value is -0.680. The summed E-state index contributed by atoms with van der Waals surface area (Å²) in [6.45, 7) is 9.99. The molecule has 0 spiro atoms. The lowest BCUT2D eigenvalue weighted by Gasteiger charge is -2.35. The van der Waals surface area contributed by atoms with Crippen LogP contribution >= 0.6 is 15.9 Å². The fraction of sp³-hybridized carbons (Fsp3) is 0.667. The van der Waals surface area contributed by atoms with Gasteiger partial charge in [-0.2, -0.15) is 0 Å². The van der Waals surface area contributed by atoms with Gasteiger partial charge in [-0.15, -0.1) is 0 Å². The van der Waals surface area contributed by atoms with Crippen molar-refractivity contribution in [3.63, 3.8) is 0 Å². The highest BCUT2D eigenvalue weighted by molar-refractivity contribution is 9.10. The lowest BCUT2D eigenvalue weighted by molar-refractivity contribution is 0.230. The molecule has 1 aliphatic heterocycles. The monoisotopic (exact) mass is 298 g/mol. The summed E-state index contributed by atoms with van der Waals surface area (Å²) in [5.41, 5.74) is 0. The van der Waals surface area contributed by atoms with Crippen LogP contribution < -0.4 is 4.90 Å². The lowest BCUT2D eigenvalue weighted by Crippen LogP contribution is -2.47. The second-order valence-corrected chi connectivity index (χ2v) is 5.80. The second-order valence-electron chi connectivity index (χ2n) is 4.88. The van der Waals surface area contributed by atoms with Gasteiger partial charge in [-0.05, 0) is 21.8 Å². The first-order valence-electron chi connectivity index (χ1n) is 6.10. The molecule has 1 aliphatic rings. The molecule has 1 fully saturated rings. The Morgan fingerprint density at radius 3 is 2.29 bits per heavy atom. The Morgan fingerprint density at radius 2 is 1.76 bits per heavy atom. The number of anilines is 1. The van der Waals surface area contributed by atoms with E-state index < -0.39 is 0 Å². The van der Waals surface area contributed by atoms with Gasteiger partial charge >= 0.3 is 0 Å². The number of halogens is 1.